The Kier molecular flexibility index (Phi) is 4.03. The Morgan fingerprint density at radius 1 is 1.00 bits per heavy atom. The lowest BCUT2D eigenvalue weighted by atomic mass is 10.0. The van der Waals surface area contributed by atoms with E-state index in [2.05, 4.69) is 34.5 Å². The average molecular weight is 339 g/mol. The van der Waals surface area contributed by atoms with Crippen LogP contribution >= 0.6 is 11.6 Å². The monoisotopic (exact) mass is 338 g/mol. The molecule has 2 aromatic rings. The second-order valence-electron chi connectivity index (χ2n) is 6.34. The molecule has 2 aromatic carbocycles. The van der Waals surface area contributed by atoms with Gasteiger partial charge in [-0.15, -0.1) is 0 Å². The van der Waals surface area contributed by atoms with Crippen LogP contribution in [0.15, 0.2) is 42.5 Å². The summed E-state index contributed by atoms with van der Waals surface area (Å²) in [5.74, 6) is -0.0765. The minimum atomic E-state index is -0.0765. The number of piperidine rings is 1. The van der Waals surface area contributed by atoms with Crippen molar-refractivity contribution in [1.29, 1.82) is 0 Å². The van der Waals surface area contributed by atoms with Crippen LogP contribution in [0.2, 0.25) is 5.02 Å². The lowest BCUT2D eigenvalue weighted by Gasteiger charge is -2.28. The molecule has 0 unspecified atom stereocenters. The van der Waals surface area contributed by atoms with E-state index in [9.17, 15) is 4.79 Å². The average Bonchev–Trinajstić information content (AvgIpc) is 2.92. The Morgan fingerprint density at radius 2 is 1.75 bits per heavy atom. The lowest BCUT2D eigenvalue weighted by molar-refractivity contribution is -0.110. The van der Waals surface area contributed by atoms with Crippen molar-refractivity contribution >= 4 is 40.5 Å². The molecule has 2 heterocycles. The quantitative estimate of drug-likeness (QED) is 0.796. The standard InChI is InChI=1S/C20H19ClN2O/c21-15-6-9-19-17(13-15)18(20(24)22-19)12-14-4-7-16(8-5-14)23-10-2-1-3-11-23/h4-9,12-13H,1-3,10-11H2,(H,22,24)/b18-12-. The summed E-state index contributed by atoms with van der Waals surface area (Å²) in [6.45, 7) is 2.27. The molecule has 0 spiro atoms. The summed E-state index contributed by atoms with van der Waals surface area (Å²) < 4.78 is 0. The maximum Gasteiger partial charge on any atom is 0.256 e. The maximum atomic E-state index is 12.2. The van der Waals surface area contributed by atoms with Crippen LogP contribution in [-0.4, -0.2) is 19.0 Å². The van der Waals surface area contributed by atoms with Crippen LogP contribution in [0.4, 0.5) is 11.4 Å². The predicted molar refractivity (Wildman–Crippen MR) is 100 cm³/mol. The first kappa shape index (κ1) is 15.3. The Hall–Kier alpha value is -2.26. The molecular formula is C20H19ClN2O. The van der Waals surface area contributed by atoms with Crippen LogP contribution in [0.5, 0.6) is 0 Å². The number of halogens is 1. The van der Waals surface area contributed by atoms with Gasteiger partial charge in [-0.1, -0.05) is 23.7 Å². The highest BCUT2D eigenvalue weighted by Crippen LogP contribution is 2.35. The van der Waals surface area contributed by atoms with Crippen molar-refractivity contribution < 1.29 is 4.79 Å². The molecule has 2 aliphatic rings. The highest BCUT2D eigenvalue weighted by Gasteiger charge is 2.24. The number of hydrogen-bond donors (Lipinski definition) is 1. The van der Waals surface area contributed by atoms with Gasteiger partial charge in [-0.2, -0.15) is 0 Å². The molecule has 0 aliphatic carbocycles. The third-order valence-electron chi connectivity index (χ3n) is 4.69. The summed E-state index contributed by atoms with van der Waals surface area (Å²) in [4.78, 5) is 14.7. The molecule has 2 aliphatic heterocycles. The van der Waals surface area contributed by atoms with E-state index < -0.39 is 0 Å². The van der Waals surface area contributed by atoms with Crippen LogP contribution in [-0.2, 0) is 4.79 Å². The van der Waals surface area contributed by atoms with Gasteiger partial charge >= 0.3 is 0 Å². The highest BCUT2D eigenvalue weighted by atomic mass is 35.5. The molecule has 0 bridgehead atoms. The van der Waals surface area contributed by atoms with Crippen LogP contribution in [0.3, 0.4) is 0 Å². The molecule has 122 valence electrons. The van der Waals surface area contributed by atoms with Gasteiger partial charge < -0.3 is 10.2 Å². The maximum absolute atomic E-state index is 12.2. The van der Waals surface area contributed by atoms with Gasteiger partial charge in [0.2, 0.25) is 0 Å². The molecule has 1 saturated heterocycles. The van der Waals surface area contributed by atoms with Crippen LogP contribution in [0.1, 0.15) is 30.4 Å². The third kappa shape index (κ3) is 2.92. The van der Waals surface area contributed by atoms with Gasteiger partial charge in [0.1, 0.15) is 0 Å². The first-order valence-corrected chi connectivity index (χ1v) is 8.76. The fraction of sp³-hybridized carbons (Fsp3) is 0.250. The number of carbonyl (C=O) groups is 1. The second kappa shape index (κ2) is 6.33. The number of amides is 1. The molecule has 1 amide bonds. The van der Waals surface area contributed by atoms with E-state index >= 15 is 0 Å². The van der Waals surface area contributed by atoms with E-state index in [4.69, 9.17) is 11.6 Å². The van der Waals surface area contributed by atoms with E-state index in [1.165, 1.54) is 24.9 Å². The molecule has 1 N–H and O–H groups in total. The normalized spacial score (nSPS) is 18.6. The summed E-state index contributed by atoms with van der Waals surface area (Å²) in [6, 6.07) is 13.9. The number of nitrogens with one attached hydrogen (secondary N) is 1. The molecule has 0 aromatic heterocycles. The van der Waals surface area contributed by atoms with Crippen molar-refractivity contribution in [2.75, 3.05) is 23.3 Å². The van der Waals surface area contributed by atoms with Crippen LogP contribution in [0, 0.1) is 0 Å². The van der Waals surface area contributed by atoms with Gasteiger partial charge in [0, 0.05) is 40.6 Å². The summed E-state index contributed by atoms with van der Waals surface area (Å²) in [7, 11) is 0. The number of carbonyl (C=O) groups excluding carboxylic acids is 1. The van der Waals surface area contributed by atoms with Gasteiger partial charge in [-0.05, 0) is 61.2 Å². The fourth-order valence-electron chi connectivity index (χ4n) is 3.40. The Morgan fingerprint density at radius 3 is 2.50 bits per heavy atom. The number of benzene rings is 2. The fourth-order valence-corrected chi connectivity index (χ4v) is 3.58. The molecule has 24 heavy (non-hydrogen) atoms. The topological polar surface area (TPSA) is 32.3 Å². The Labute approximate surface area is 146 Å². The number of hydrogen-bond acceptors (Lipinski definition) is 2. The molecule has 4 rings (SSSR count). The zero-order valence-electron chi connectivity index (χ0n) is 13.4. The number of fused-ring (bicyclic) bond motifs is 1. The van der Waals surface area contributed by atoms with Crippen molar-refractivity contribution in [3.05, 3.63) is 58.6 Å². The second-order valence-corrected chi connectivity index (χ2v) is 6.78. The van der Waals surface area contributed by atoms with Crippen LogP contribution in [0.25, 0.3) is 11.6 Å². The summed E-state index contributed by atoms with van der Waals surface area (Å²) >= 11 is 6.07. The summed E-state index contributed by atoms with van der Waals surface area (Å²) in [5.41, 5.74) is 4.64. The number of nitrogens with zero attached hydrogens (tertiary/aromatic N) is 1. The zero-order valence-corrected chi connectivity index (χ0v) is 14.1. The van der Waals surface area contributed by atoms with E-state index in [0.29, 0.717) is 10.6 Å². The van der Waals surface area contributed by atoms with Gasteiger partial charge in [0.05, 0.1) is 0 Å². The van der Waals surface area contributed by atoms with Gasteiger partial charge in [0.15, 0.2) is 0 Å². The summed E-state index contributed by atoms with van der Waals surface area (Å²) in [6.07, 6.45) is 5.79. The minimum absolute atomic E-state index is 0.0765. The highest BCUT2D eigenvalue weighted by molar-refractivity contribution is 6.36. The van der Waals surface area contributed by atoms with Crippen molar-refractivity contribution in [3.63, 3.8) is 0 Å². The molecule has 0 atom stereocenters. The van der Waals surface area contributed by atoms with E-state index in [1.54, 1.807) is 6.07 Å². The Bertz CT molecular complexity index is 805. The van der Waals surface area contributed by atoms with E-state index in [-0.39, 0.29) is 5.91 Å². The molecule has 0 saturated carbocycles. The van der Waals surface area contributed by atoms with E-state index in [0.717, 1.165) is 29.9 Å². The largest absolute Gasteiger partial charge is 0.372 e. The smallest absolute Gasteiger partial charge is 0.256 e. The van der Waals surface area contributed by atoms with Crippen molar-refractivity contribution in [2.24, 2.45) is 0 Å². The predicted octanol–water partition coefficient (Wildman–Crippen LogP) is 4.82. The van der Waals surface area contributed by atoms with E-state index in [1.807, 2.05) is 18.2 Å². The number of rotatable bonds is 2. The van der Waals surface area contributed by atoms with Gasteiger partial charge in [-0.3, -0.25) is 4.79 Å². The van der Waals surface area contributed by atoms with Crippen molar-refractivity contribution in [3.8, 4) is 0 Å². The van der Waals surface area contributed by atoms with Crippen molar-refractivity contribution in [2.45, 2.75) is 19.3 Å². The van der Waals surface area contributed by atoms with Gasteiger partial charge in [-0.25, -0.2) is 0 Å². The lowest BCUT2D eigenvalue weighted by Crippen LogP contribution is -2.29. The molecule has 4 heteroatoms. The van der Waals surface area contributed by atoms with Crippen molar-refractivity contribution in [1.82, 2.24) is 0 Å². The first-order chi connectivity index (χ1) is 11.7. The third-order valence-corrected chi connectivity index (χ3v) is 4.93. The van der Waals surface area contributed by atoms with Crippen LogP contribution < -0.4 is 10.2 Å². The minimum Gasteiger partial charge on any atom is -0.372 e. The first-order valence-electron chi connectivity index (χ1n) is 8.39. The molecular weight excluding hydrogens is 320 g/mol. The molecule has 0 radical (unpaired) electrons. The zero-order chi connectivity index (χ0) is 16.5. The molecule has 3 nitrogen and oxygen atoms in total. The van der Waals surface area contributed by atoms with Gasteiger partial charge in [0.25, 0.3) is 5.91 Å². The SMILES string of the molecule is O=C1Nc2ccc(Cl)cc2/C1=C/c1ccc(N2CCCCC2)cc1. The molecule has 1 fully saturated rings. The Balaban J connectivity index is 1.62. The number of anilines is 2. The summed E-state index contributed by atoms with van der Waals surface area (Å²) in [5, 5.41) is 3.52.